The average molecular weight is 395 g/mol. The second-order valence-electron chi connectivity index (χ2n) is 8.00. The maximum absolute atomic E-state index is 13.6. The predicted molar refractivity (Wildman–Crippen MR) is 114 cm³/mol. The van der Waals surface area contributed by atoms with Gasteiger partial charge in [-0.15, -0.1) is 0 Å². The van der Waals surface area contributed by atoms with Crippen LogP contribution in [-0.2, 0) is 9.84 Å². The number of anilines is 1. The van der Waals surface area contributed by atoms with E-state index in [0.29, 0.717) is 15.7 Å². The van der Waals surface area contributed by atoms with Gasteiger partial charge in [-0.1, -0.05) is 36.2 Å². The summed E-state index contributed by atoms with van der Waals surface area (Å²) in [5, 5.41) is 0.919. The summed E-state index contributed by atoms with van der Waals surface area (Å²) in [5.74, 6) is 0.539. The molecule has 28 heavy (non-hydrogen) atoms. The number of pyridine rings is 1. The fourth-order valence-electron chi connectivity index (χ4n) is 4.03. The first kappa shape index (κ1) is 18.9. The van der Waals surface area contributed by atoms with E-state index in [9.17, 15) is 8.42 Å². The highest BCUT2D eigenvalue weighted by Gasteiger charge is 2.28. The normalized spacial score (nSPS) is 17.8. The molecule has 0 radical (unpaired) electrons. The first-order chi connectivity index (χ1) is 13.4. The molecule has 0 aliphatic carbocycles. The highest BCUT2D eigenvalue weighted by molar-refractivity contribution is 7.91. The number of benzene rings is 2. The number of fused-ring (bicyclic) bond motifs is 1. The highest BCUT2D eigenvalue weighted by Crippen LogP contribution is 2.38. The molecule has 0 bridgehead atoms. The van der Waals surface area contributed by atoms with Gasteiger partial charge in [-0.05, 0) is 56.9 Å². The molecule has 0 amide bonds. The zero-order valence-corrected chi connectivity index (χ0v) is 17.5. The SMILES string of the molecule is Cc1ccc(S(=O)(=O)c2cnc3ccc(C)cc3c2N2CCC[C@H](C)C2)cc1. The monoisotopic (exact) mass is 394 g/mol. The van der Waals surface area contributed by atoms with Gasteiger partial charge in [-0.3, -0.25) is 4.98 Å². The van der Waals surface area contributed by atoms with Crippen LogP contribution in [0.5, 0.6) is 0 Å². The van der Waals surface area contributed by atoms with E-state index in [0.717, 1.165) is 47.2 Å². The number of aromatic nitrogens is 1. The summed E-state index contributed by atoms with van der Waals surface area (Å²) in [5.41, 5.74) is 3.78. The molecule has 1 aliphatic rings. The van der Waals surface area contributed by atoms with Crippen molar-refractivity contribution in [2.24, 2.45) is 5.92 Å². The molecule has 4 rings (SSSR count). The van der Waals surface area contributed by atoms with Crippen LogP contribution in [0.2, 0.25) is 0 Å². The zero-order valence-electron chi connectivity index (χ0n) is 16.6. The molecule has 2 aromatic carbocycles. The maximum atomic E-state index is 13.6. The summed E-state index contributed by atoms with van der Waals surface area (Å²) in [6, 6.07) is 13.1. The van der Waals surface area contributed by atoms with Gasteiger partial charge in [0.15, 0.2) is 0 Å². The quantitative estimate of drug-likeness (QED) is 0.633. The third-order valence-corrected chi connectivity index (χ3v) is 7.33. The van der Waals surface area contributed by atoms with E-state index >= 15 is 0 Å². The average Bonchev–Trinajstić information content (AvgIpc) is 2.67. The highest BCUT2D eigenvalue weighted by atomic mass is 32.2. The molecular weight excluding hydrogens is 368 g/mol. The summed E-state index contributed by atoms with van der Waals surface area (Å²) < 4.78 is 27.1. The van der Waals surface area contributed by atoms with Crippen LogP contribution in [0, 0.1) is 19.8 Å². The smallest absolute Gasteiger partial charge is 0.210 e. The van der Waals surface area contributed by atoms with Crippen LogP contribution in [0.25, 0.3) is 10.9 Å². The van der Waals surface area contributed by atoms with E-state index in [2.05, 4.69) is 22.9 Å². The second kappa shape index (κ2) is 7.21. The molecule has 1 atom stereocenters. The van der Waals surface area contributed by atoms with Crippen LogP contribution in [0.4, 0.5) is 5.69 Å². The van der Waals surface area contributed by atoms with E-state index in [1.54, 1.807) is 18.3 Å². The Balaban J connectivity index is 1.97. The molecule has 1 saturated heterocycles. The second-order valence-corrected chi connectivity index (χ2v) is 9.92. The van der Waals surface area contributed by atoms with Crippen LogP contribution in [0.1, 0.15) is 30.9 Å². The first-order valence-corrected chi connectivity index (χ1v) is 11.3. The first-order valence-electron chi connectivity index (χ1n) is 9.82. The summed E-state index contributed by atoms with van der Waals surface area (Å²) in [6.45, 7) is 7.95. The Morgan fingerprint density at radius 3 is 2.46 bits per heavy atom. The van der Waals surface area contributed by atoms with Crippen LogP contribution in [-0.4, -0.2) is 26.5 Å². The van der Waals surface area contributed by atoms with Gasteiger partial charge in [0.1, 0.15) is 4.90 Å². The summed E-state index contributed by atoms with van der Waals surface area (Å²) in [7, 11) is -3.66. The number of nitrogens with zero attached hydrogens (tertiary/aromatic N) is 2. The topological polar surface area (TPSA) is 50.3 Å². The molecule has 5 heteroatoms. The summed E-state index contributed by atoms with van der Waals surface area (Å²) in [4.78, 5) is 7.38. The van der Waals surface area contributed by atoms with Crippen LogP contribution < -0.4 is 4.90 Å². The Morgan fingerprint density at radius 1 is 1.04 bits per heavy atom. The number of aryl methyl sites for hydroxylation is 2. The molecule has 0 unspecified atom stereocenters. The van der Waals surface area contributed by atoms with Gasteiger partial charge >= 0.3 is 0 Å². The molecule has 2 heterocycles. The van der Waals surface area contributed by atoms with Crippen molar-refractivity contribution < 1.29 is 8.42 Å². The fourth-order valence-corrected chi connectivity index (χ4v) is 5.47. The molecule has 0 N–H and O–H groups in total. The number of hydrogen-bond acceptors (Lipinski definition) is 4. The molecule has 1 fully saturated rings. The van der Waals surface area contributed by atoms with E-state index in [4.69, 9.17) is 0 Å². The number of hydrogen-bond donors (Lipinski definition) is 0. The minimum Gasteiger partial charge on any atom is -0.370 e. The van der Waals surface area contributed by atoms with Gasteiger partial charge in [0.2, 0.25) is 9.84 Å². The zero-order chi connectivity index (χ0) is 19.9. The van der Waals surface area contributed by atoms with Gasteiger partial charge in [0, 0.05) is 24.7 Å². The van der Waals surface area contributed by atoms with Gasteiger partial charge in [-0.25, -0.2) is 8.42 Å². The minimum atomic E-state index is -3.66. The molecule has 146 valence electrons. The Labute approximate surface area is 167 Å². The molecule has 1 aromatic heterocycles. The van der Waals surface area contributed by atoms with E-state index < -0.39 is 9.84 Å². The van der Waals surface area contributed by atoms with Crippen LogP contribution in [0.3, 0.4) is 0 Å². The maximum Gasteiger partial charge on any atom is 0.210 e. The van der Waals surface area contributed by atoms with Gasteiger partial charge in [-0.2, -0.15) is 0 Å². The van der Waals surface area contributed by atoms with Crippen molar-refractivity contribution in [1.29, 1.82) is 0 Å². The lowest BCUT2D eigenvalue weighted by atomic mass is 9.99. The van der Waals surface area contributed by atoms with Crippen molar-refractivity contribution in [3.63, 3.8) is 0 Å². The molecule has 0 spiro atoms. The fraction of sp³-hybridized carbons (Fsp3) is 0.348. The number of piperidine rings is 1. The lowest BCUT2D eigenvalue weighted by Gasteiger charge is -2.34. The lowest BCUT2D eigenvalue weighted by molar-refractivity contribution is 0.446. The third-order valence-electron chi connectivity index (χ3n) is 5.56. The van der Waals surface area contributed by atoms with Crippen molar-refractivity contribution in [2.75, 3.05) is 18.0 Å². The molecular formula is C23H26N2O2S. The van der Waals surface area contributed by atoms with Crippen LogP contribution in [0.15, 0.2) is 58.5 Å². The van der Waals surface area contributed by atoms with Gasteiger partial charge in [0.25, 0.3) is 0 Å². The third kappa shape index (κ3) is 3.39. The summed E-state index contributed by atoms with van der Waals surface area (Å²) >= 11 is 0. The molecule has 0 saturated carbocycles. The molecule has 3 aromatic rings. The van der Waals surface area contributed by atoms with E-state index in [1.165, 1.54) is 6.42 Å². The molecule has 4 nitrogen and oxygen atoms in total. The van der Waals surface area contributed by atoms with Crippen molar-refractivity contribution in [3.8, 4) is 0 Å². The Bertz CT molecular complexity index is 1120. The lowest BCUT2D eigenvalue weighted by Crippen LogP contribution is -2.35. The Hall–Kier alpha value is -2.40. The van der Waals surface area contributed by atoms with Crippen molar-refractivity contribution >= 4 is 26.4 Å². The van der Waals surface area contributed by atoms with Crippen molar-refractivity contribution in [3.05, 3.63) is 59.8 Å². The molecule has 1 aliphatic heterocycles. The Morgan fingerprint density at radius 2 is 1.75 bits per heavy atom. The number of sulfone groups is 1. The standard InChI is InChI=1S/C23H26N2O2S/c1-16-6-9-19(10-7-16)28(26,27)22-14-24-21-11-8-17(2)13-20(21)23(22)25-12-4-5-18(3)15-25/h6-11,13-14,18H,4-5,12,15H2,1-3H3/t18-/m0/s1. The van der Waals surface area contributed by atoms with Gasteiger partial charge < -0.3 is 4.90 Å². The van der Waals surface area contributed by atoms with Gasteiger partial charge in [0.05, 0.1) is 16.1 Å². The van der Waals surface area contributed by atoms with Crippen molar-refractivity contribution in [1.82, 2.24) is 4.98 Å². The van der Waals surface area contributed by atoms with Crippen LogP contribution >= 0.6 is 0 Å². The van der Waals surface area contributed by atoms with E-state index in [1.807, 2.05) is 38.1 Å². The minimum absolute atomic E-state index is 0.309. The predicted octanol–water partition coefficient (Wildman–Crippen LogP) is 4.92. The number of rotatable bonds is 3. The summed E-state index contributed by atoms with van der Waals surface area (Å²) in [6.07, 6.45) is 3.79. The largest absolute Gasteiger partial charge is 0.370 e. The Kier molecular flexibility index (Phi) is 4.88. The van der Waals surface area contributed by atoms with Crippen molar-refractivity contribution in [2.45, 2.75) is 43.4 Å². The van der Waals surface area contributed by atoms with E-state index in [-0.39, 0.29) is 0 Å².